The fourth-order valence-corrected chi connectivity index (χ4v) is 1.47. The molecule has 0 amide bonds. The van der Waals surface area contributed by atoms with Crippen LogP contribution in [-0.2, 0) is 0 Å². The molecule has 0 N–H and O–H groups in total. The van der Waals surface area contributed by atoms with Gasteiger partial charge >= 0.3 is 0 Å². The molecule has 0 atom stereocenters. The average Bonchev–Trinajstić information content (AvgIpc) is 2.18. The second kappa shape index (κ2) is 5.55. The van der Waals surface area contributed by atoms with Gasteiger partial charge in [-0.2, -0.15) is 0 Å². The molecule has 0 fully saturated rings. The van der Waals surface area contributed by atoms with Crippen molar-refractivity contribution in [2.45, 2.75) is 33.6 Å². The SMILES string of the molecule is C=C(C)CC/C=C(\C)c1ccc(C)cc1. The van der Waals surface area contributed by atoms with E-state index in [1.807, 2.05) is 0 Å². The van der Waals surface area contributed by atoms with Gasteiger partial charge in [0.05, 0.1) is 0 Å². The van der Waals surface area contributed by atoms with Crippen LogP contribution in [0.15, 0.2) is 42.5 Å². The van der Waals surface area contributed by atoms with Crippen LogP contribution in [0.5, 0.6) is 0 Å². The Kier molecular flexibility index (Phi) is 4.36. The molecule has 0 unspecified atom stereocenters. The summed E-state index contributed by atoms with van der Waals surface area (Å²) in [7, 11) is 0. The van der Waals surface area contributed by atoms with E-state index in [0.29, 0.717) is 0 Å². The predicted molar refractivity (Wildman–Crippen MR) is 68.9 cm³/mol. The molecule has 0 spiro atoms. The van der Waals surface area contributed by atoms with E-state index in [1.165, 1.54) is 22.3 Å². The molecule has 0 saturated carbocycles. The van der Waals surface area contributed by atoms with Crippen molar-refractivity contribution in [2.24, 2.45) is 0 Å². The maximum Gasteiger partial charge on any atom is -0.0230 e. The maximum absolute atomic E-state index is 3.91. The van der Waals surface area contributed by atoms with Crippen LogP contribution >= 0.6 is 0 Å². The second-order valence-corrected chi connectivity index (χ2v) is 4.25. The average molecular weight is 200 g/mol. The van der Waals surface area contributed by atoms with Gasteiger partial charge in [0.1, 0.15) is 0 Å². The fraction of sp³-hybridized carbons (Fsp3) is 0.333. The van der Waals surface area contributed by atoms with Crippen molar-refractivity contribution in [3.05, 3.63) is 53.6 Å². The second-order valence-electron chi connectivity index (χ2n) is 4.25. The van der Waals surface area contributed by atoms with Crippen LogP contribution in [0.4, 0.5) is 0 Å². The molecule has 0 radical (unpaired) electrons. The molecule has 1 aromatic rings. The standard InChI is InChI=1S/C15H20/c1-12(2)6-5-7-14(4)15-10-8-13(3)9-11-15/h7-11H,1,5-6H2,2-4H3/b14-7+. The van der Waals surface area contributed by atoms with Crippen LogP contribution in [0.3, 0.4) is 0 Å². The Hall–Kier alpha value is -1.30. The molecule has 0 aliphatic rings. The fourth-order valence-electron chi connectivity index (χ4n) is 1.47. The van der Waals surface area contributed by atoms with Gasteiger partial charge in [-0.05, 0) is 44.7 Å². The van der Waals surface area contributed by atoms with E-state index in [4.69, 9.17) is 0 Å². The van der Waals surface area contributed by atoms with Crippen molar-refractivity contribution in [2.75, 3.05) is 0 Å². The van der Waals surface area contributed by atoms with E-state index in [2.05, 4.69) is 57.7 Å². The smallest absolute Gasteiger partial charge is 0.0230 e. The van der Waals surface area contributed by atoms with Crippen molar-refractivity contribution < 1.29 is 0 Å². The maximum atomic E-state index is 3.91. The molecule has 0 aliphatic carbocycles. The zero-order valence-corrected chi connectivity index (χ0v) is 10.0. The summed E-state index contributed by atoms with van der Waals surface area (Å²) in [5.74, 6) is 0. The third-order valence-electron chi connectivity index (χ3n) is 2.53. The Bertz CT molecular complexity index is 352. The van der Waals surface area contributed by atoms with E-state index in [1.54, 1.807) is 0 Å². The quantitative estimate of drug-likeness (QED) is 0.615. The monoisotopic (exact) mass is 200 g/mol. The molecule has 0 heterocycles. The lowest BCUT2D eigenvalue weighted by atomic mass is 10.0. The van der Waals surface area contributed by atoms with Crippen molar-refractivity contribution in [1.29, 1.82) is 0 Å². The first kappa shape index (κ1) is 11.8. The Morgan fingerprint density at radius 1 is 1.20 bits per heavy atom. The first-order valence-electron chi connectivity index (χ1n) is 5.48. The van der Waals surface area contributed by atoms with Gasteiger partial charge in [0.2, 0.25) is 0 Å². The van der Waals surface area contributed by atoms with Crippen LogP contribution in [-0.4, -0.2) is 0 Å². The van der Waals surface area contributed by atoms with Crippen molar-refractivity contribution >= 4 is 5.57 Å². The molecule has 80 valence electrons. The summed E-state index contributed by atoms with van der Waals surface area (Å²) in [6.07, 6.45) is 4.47. The highest BCUT2D eigenvalue weighted by molar-refractivity contribution is 5.63. The Balaban J connectivity index is 2.63. The summed E-state index contributed by atoms with van der Waals surface area (Å²) in [5, 5.41) is 0. The summed E-state index contributed by atoms with van der Waals surface area (Å²) in [6, 6.07) is 8.68. The summed E-state index contributed by atoms with van der Waals surface area (Å²) >= 11 is 0. The molecule has 0 aliphatic heterocycles. The Morgan fingerprint density at radius 2 is 1.80 bits per heavy atom. The molecule has 15 heavy (non-hydrogen) atoms. The van der Waals surface area contributed by atoms with Gasteiger partial charge in [-0.3, -0.25) is 0 Å². The largest absolute Gasteiger partial charge is 0.100 e. The van der Waals surface area contributed by atoms with Gasteiger partial charge in [-0.1, -0.05) is 41.5 Å². The van der Waals surface area contributed by atoms with Crippen LogP contribution in [0.1, 0.15) is 37.8 Å². The highest BCUT2D eigenvalue weighted by Gasteiger charge is 1.94. The lowest BCUT2D eigenvalue weighted by molar-refractivity contribution is 0.984. The molecular formula is C15H20. The van der Waals surface area contributed by atoms with E-state index >= 15 is 0 Å². The number of benzene rings is 1. The molecule has 1 aromatic carbocycles. The highest BCUT2D eigenvalue weighted by Crippen LogP contribution is 2.16. The summed E-state index contributed by atoms with van der Waals surface area (Å²) in [5.41, 5.74) is 5.25. The van der Waals surface area contributed by atoms with Gasteiger partial charge < -0.3 is 0 Å². The van der Waals surface area contributed by atoms with Gasteiger partial charge in [0.25, 0.3) is 0 Å². The molecule has 0 heteroatoms. The summed E-state index contributed by atoms with van der Waals surface area (Å²) in [4.78, 5) is 0. The predicted octanol–water partition coefficient (Wildman–Crippen LogP) is 4.75. The minimum Gasteiger partial charge on any atom is -0.100 e. The zero-order chi connectivity index (χ0) is 11.3. The van der Waals surface area contributed by atoms with Crippen molar-refractivity contribution in [3.8, 4) is 0 Å². The molecule has 1 rings (SSSR count). The first-order chi connectivity index (χ1) is 7.09. The highest BCUT2D eigenvalue weighted by atomic mass is 14.0. The number of hydrogen-bond donors (Lipinski definition) is 0. The van der Waals surface area contributed by atoms with Gasteiger partial charge in [-0.25, -0.2) is 0 Å². The summed E-state index contributed by atoms with van der Waals surface area (Å²) < 4.78 is 0. The molecule has 0 nitrogen and oxygen atoms in total. The zero-order valence-electron chi connectivity index (χ0n) is 10.0. The minimum absolute atomic E-state index is 1.09. The topological polar surface area (TPSA) is 0 Å². The third kappa shape index (κ3) is 4.16. The van der Waals surface area contributed by atoms with Gasteiger partial charge in [0, 0.05) is 0 Å². The number of hydrogen-bond acceptors (Lipinski definition) is 0. The van der Waals surface area contributed by atoms with Gasteiger partial charge in [-0.15, -0.1) is 6.58 Å². The van der Waals surface area contributed by atoms with Crippen LogP contribution in [0, 0.1) is 6.92 Å². The molecule has 0 aromatic heterocycles. The third-order valence-corrected chi connectivity index (χ3v) is 2.53. The van der Waals surface area contributed by atoms with E-state index < -0.39 is 0 Å². The lowest BCUT2D eigenvalue weighted by Crippen LogP contribution is -1.81. The Labute approximate surface area is 93.3 Å². The number of rotatable bonds is 4. The van der Waals surface area contributed by atoms with Crippen LogP contribution in [0.2, 0.25) is 0 Å². The molecule has 0 saturated heterocycles. The van der Waals surface area contributed by atoms with E-state index in [-0.39, 0.29) is 0 Å². The van der Waals surface area contributed by atoms with Crippen LogP contribution in [0.25, 0.3) is 5.57 Å². The summed E-state index contributed by atoms with van der Waals surface area (Å²) in [6.45, 7) is 10.3. The van der Waals surface area contributed by atoms with Crippen molar-refractivity contribution in [1.82, 2.24) is 0 Å². The lowest BCUT2D eigenvalue weighted by Gasteiger charge is -2.02. The first-order valence-corrected chi connectivity index (χ1v) is 5.48. The molecular weight excluding hydrogens is 180 g/mol. The van der Waals surface area contributed by atoms with E-state index in [9.17, 15) is 0 Å². The van der Waals surface area contributed by atoms with Crippen molar-refractivity contribution in [3.63, 3.8) is 0 Å². The van der Waals surface area contributed by atoms with Crippen LogP contribution < -0.4 is 0 Å². The normalized spacial score (nSPS) is 11.5. The van der Waals surface area contributed by atoms with E-state index in [0.717, 1.165) is 12.8 Å². The van der Waals surface area contributed by atoms with Gasteiger partial charge in [0.15, 0.2) is 0 Å². The minimum atomic E-state index is 1.09. The molecule has 0 bridgehead atoms. The number of allylic oxidation sites excluding steroid dienone is 3. The number of aryl methyl sites for hydroxylation is 1. The Morgan fingerprint density at radius 3 is 2.33 bits per heavy atom.